The molecule has 0 unspecified atom stereocenters. The number of nitrogens with one attached hydrogen (secondary N) is 1. The summed E-state index contributed by atoms with van der Waals surface area (Å²) in [6, 6.07) is 5.40. The minimum atomic E-state index is -1.20. The van der Waals surface area contributed by atoms with E-state index in [1.165, 1.54) is 7.11 Å². The highest BCUT2D eigenvalue weighted by atomic mass is 19.1. The zero-order chi connectivity index (χ0) is 13.5. The average molecular weight is 255 g/mol. The molecule has 0 heterocycles. The highest BCUT2D eigenvalue weighted by Gasteiger charge is 2.20. The molecule has 0 saturated heterocycles. The molecule has 0 spiro atoms. The Morgan fingerprint density at radius 1 is 1.39 bits per heavy atom. The van der Waals surface area contributed by atoms with Gasteiger partial charge >= 0.3 is 5.97 Å². The van der Waals surface area contributed by atoms with Gasteiger partial charge in [-0.2, -0.15) is 0 Å². The maximum absolute atomic E-state index is 12.1. The largest absolute Gasteiger partial charge is 0.497 e. The minimum Gasteiger partial charge on any atom is -0.497 e. The van der Waals surface area contributed by atoms with E-state index in [9.17, 15) is 14.0 Å². The van der Waals surface area contributed by atoms with Gasteiger partial charge in [-0.1, -0.05) is 0 Å². The fourth-order valence-corrected chi connectivity index (χ4v) is 1.37. The van der Waals surface area contributed by atoms with Gasteiger partial charge in [0.25, 0.3) is 0 Å². The van der Waals surface area contributed by atoms with E-state index in [1.54, 1.807) is 24.3 Å². The first-order valence-corrected chi connectivity index (χ1v) is 5.28. The van der Waals surface area contributed by atoms with Gasteiger partial charge in [-0.05, 0) is 24.3 Å². The van der Waals surface area contributed by atoms with Crippen molar-refractivity contribution in [3.8, 4) is 5.75 Å². The summed E-state index contributed by atoms with van der Waals surface area (Å²) in [5.41, 5.74) is 0.523. The van der Waals surface area contributed by atoms with Gasteiger partial charge in [0.1, 0.15) is 18.5 Å². The Balaban J connectivity index is 2.70. The van der Waals surface area contributed by atoms with E-state index < -0.39 is 30.9 Å². The first-order chi connectivity index (χ1) is 8.56. The molecule has 1 aromatic rings. The van der Waals surface area contributed by atoms with Crippen LogP contribution in [-0.2, 0) is 9.59 Å². The molecule has 18 heavy (non-hydrogen) atoms. The second-order valence-electron chi connectivity index (χ2n) is 3.64. The highest BCUT2D eigenvalue weighted by Crippen LogP contribution is 2.16. The monoisotopic (exact) mass is 255 g/mol. The number of carbonyl (C=O) groups is 2. The van der Waals surface area contributed by atoms with Crippen LogP contribution < -0.4 is 10.1 Å². The Labute approximate surface area is 104 Å². The summed E-state index contributed by atoms with van der Waals surface area (Å²) in [4.78, 5) is 21.8. The fourth-order valence-electron chi connectivity index (χ4n) is 1.37. The molecule has 1 rings (SSSR count). The third-order valence-corrected chi connectivity index (χ3v) is 2.31. The SMILES string of the molecule is COc1ccc(N[C@@H](CC(=O)CF)C(=O)O)cc1. The molecule has 0 aliphatic carbocycles. The number of hydrogen-bond donors (Lipinski definition) is 2. The van der Waals surface area contributed by atoms with E-state index in [1.807, 2.05) is 0 Å². The van der Waals surface area contributed by atoms with Crippen molar-refractivity contribution in [3.05, 3.63) is 24.3 Å². The normalized spacial score (nSPS) is 11.7. The molecule has 5 nitrogen and oxygen atoms in total. The molecule has 0 bridgehead atoms. The third-order valence-electron chi connectivity index (χ3n) is 2.31. The maximum Gasteiger partial charge on any atom is 0.326 e. The predicted octanol–water partition coefficient (Wildman–Crippen LogP) is 1.49. The highest BCUT2D eigenvalue weighted by molar-refractivity contribution is 5.88. The average Bonchev–Trinajstić information content (AvgIpc) is 2.38. The number of rotatable bonds is 7. The lowest BCUT2D eigenvalue weighted by molar-refractivity contribution is -0.139. The molecule has 2 N–H and O–H groups in total. The van der Waals surface area contributed by atoms with E-state index >= 15 is 0 Å². The number of aliphatic carboxylic acids is 1. The number of carboxylic acid groups (broad SMARTS) is 1. The lowest BCUT2D eigenvalue weighted by Crippen LogP contribution is -2.32. The number of ether oxygens (including phenoxy) is 1. The van der Waals surface area contributed by atoms with Crippen LogP contribution in [0.5, 0.6) is 5.75 Å². The summed E-state index contributed by atoms with van der Waals surface area (Å²) in [5, 5.41) is 11.6. The number of anilines is 1. The van der Waals surface area contributed by atoms with Crippen LogP contribution in [0.15, 0.2) is 24.3 Å². The zero-order valence-electron chi connectivity index (χ0n) is 9.85. The summed E-state index contributed by atoms with van der Waals surface area (Å²) in [7, 11) is 1.52. The van der Waals surface area contributed by atoms with Gasteiger partial charge in [-0.15, -0.1) is 0 Å². The van der Waals surface area contributed by atoms with Crippen molar-refractivity contribution >= 4 is 17.4 Å². The molecule has 0 aliphatic rings. The van der Waals surface area contributed by atoms with E-state index in [0.29, 0.717) is 11.4 Å². The van der Waals surface area contributed by atoms with Crippen LogP contribution >= 0.6 is 0 Å². The van der Waals surface area contributed by atoms with Crippen molar-refractivity contribution in [3.63, 3.8) is 0 Å². The van der Waals surface area contributed by atoms with Crippen molar-refractivity contribution in [2.45, 2.75) is 12.5 Å². The van der Waals surface area contributed by atoms with Crippen molar-refractivity contribution in [1.29, 1.82) is 0 Å². The molecular weight excluding hydrogens is 241 g/mol. The predicted molar refractivity (Wildman–Crippen MR) is 63.6 cm³/mol. The van der Waals surface area contributed by atoms with Gasteiger partial charge in [-0.3, -0.25) is 4.79 Å². The Morgan fingerprint density at radius 3 is 2.44 bits per heavy atom. The topological polar surface area (TPSA) is 75.6 Å². The number of halogens is 1. The molecule has 1 atom stereocenters. The number of carbonyl (C=O) groups excluding carboxylic acids is 1. The number of carboxylic acids is 1. The molecule has 98 valence electrons. The summed E-state index contributed by atoms with van der Waals surface area (Å²) in [6.07, 6.45) is -0.391. The molecule has 0 saturated carbocycles. The van der Waals surface area contributed by atoms with Gasteiger partial charge in [0, 0.05) is 12.1 Å². The number of ketones is 1. The number of hydrogen-bond acceptors (Lipinski definition) is 4. The quantitative estimate of drug-likeness (QED) is 0.772. The molecular formula is C12H14FNO4. The molecule has 6 heteroatoms. The Kier molecular flexibility index (Phi) is 5.10. The molecule has 0 aromatic heterocycles. The summed E-state index contributed by atoms with van der Waals surface area (Å²) < 4.78 is 17.0. The van der Waals surface area contributed by atoms with Crippen LogP contribution in [0.4, 0.5) is 10.1 Å². The van der Waals surface area contributed by atoms with E-state index in [0.717, 1.165) is 0 Å². The minimum absolute atomic E-state index is 0.391. The zero-order valence-corrected chi connectivity index (χ0v) is 9.85. The van der Waals surface area contributed by atoms with E-state index in [4.69, 9.17) is 9.84 Å². The van der Waals surface area contributed by atoms with Crippen molar-refractivity contribution in [2.24, 2.45) is 0 Å². The smallest absolute Gasteiger partial charge is 0.326 e. The number of alkyl halides is 1. The number of benzene rings is 1. The third kappa shape index (κ3) is 4.04. The fraction of sp³-hybridized carbons (Fsp3) is 0.333. The lowest BCUT2D eigenvalue weighted by atomic mass is 10.1. The van der Waals surface area contributed by atoms with E-state index in [2.05, 4.69) is 5.32 Å². The van der Waals surface area contributed by atoms with Crippen LogP contribution in [0.25, 0.3) is 0 Å². The summed E-state index contributed by atoms with van der Waals surface area (Å²) in [6.45, 7) is -1.16. The van der Waals surface area contributed by atoms with Crippen LogP contribution in [0.1, 0.15) is 6.42 Å². The summed E-state index contributed by atoms with van der Waals surface area (Å²) >= 11 is 0. The Morgan fingerprint density at radius 2 is 2.00 bits per heavy atom. The Bertz CT molecular complexity index is 419. The number of Topliss-reactive ketones (excluding diaryl/α,β-unsaturated/α-hetero) is 1. The van der Waals surface area contributed by atoms with E-state index in [-0.39, 0.29) is 0 Å². The standard InChI is InChI=1S/C12H14FNO4/c1-18-10-4-2-8(3-5-10)14-11(12(16)17)6-9(15)7-13/h2-5,11,14H,6-7H2,1H3,(H,16,17)/t11-/m0/s1. The molecule has 0 radical (unpaired) electrons. The first-order valence-electron chi connectivity index (χ1n) is 5.28. The van der Waals surface area contributed by atoms with Gasteiger partial charge in [0.05, 0.1) is 7.11 Å². The number of methoxy groups -OCH3 is 1. The molecule has 0 fully saturated rings. The second kappa shape index (κ2) is 6.58. The van der Waals surface area contributed by atoms with Gasteiger partial charge in [0.15, 0.2) is 5.78 Å². The van der Waals surface area contributed by atoms with Gasteiger partial charge in [0.2, 0.25) is 0 Å². The van der Waals surface area contributed by atoms with Crippen LogP contribution in [0.3, 0.4) is 0 Å². The van der Waals surface area contributed by atoms with Gasteiger partial charge < -0.3 is 15.2 Å². The molecule has 0 aliphatic heterocycles. The summed E-state index contributed by atoms with van der Waals surface area (Å²) in [5.74, 6) is -1.32. The lowest BCUT2D eigenvalue weighted by Gasteiger charge is -2.14. The second-order valence-corrected chi connectivity index (χ2v) is 3.64. The van der Waals surface area contributed by atoms with Crippen LogP contribution in [-0.4, -0.2) is 36.7 Å². The van der Waals surface area contributed by atoms with Crippen molar-refractivity contribution in [2.75, 3.05) is 19.1 Å². The molecule has 1 aromatic carbocycles. The Hall–Kier alpha value is -2.11. The van der Waals surface area contributed by atoms with Gasteiger partial charge in [-0.25, -0.2) is 9.18 Å². The first kappa shape index (κ1) is 14.0. The maximum atomic E-state index is 12.1. The molecule has 0 amide bonds. The van der Waals surface area contributed by atoms with Crippen molar-refractivity contribution < 1.29 is 23.8 Å². The van der Waals surface area contributed by atoms with Crippen molar-refractivity contribution in [1.82, 2.24) is 0 Å². The van der Waals surface area contributed by atoms with Crippen LogP contribution in [0, 0.1) is 0 Å². The van der Waals surface area contributed by atoms with Crippen LogP contribution in [0.2, 0.25) is 0 Å².